The summed E-state index contributed by atoms with van der Waals surface area (Å²) in [7, 11) is -1.55. The Bertz CT molecular complexity index is 747. The molecule has 3 rings (SSSR count). The van der Waals surface area contributed by atoms with Crippen LogP contribution in [-0.4, -0.2) is 51.7 Å². The van der Waals surface area contributed by atoms with Gasteiger partial charge in [-0.05, 0) is 48.3 Å². The minimum atomic E-state index is -3.20. The van der Waals surface area contributed by atoms with Crippen LogP contribution in [0, 0.1) is 17.8 Å². The van der Waals surface area contributed by atoms with Crippen molar-refractivity contribution in [3.63, 3.8) is 0 Å². The summed E-state index contributed by atoms with van der Waals surface area (Å²) in [6.45, 7) is 3.31. The first-order valence-corrected chi connectivity index (χ1v) is 11.0. The van der Waals surface area contributed by atoms with Gasteiger partial charge in [-0.1, -0.05) is 19.1 Å². The van der Waals surface area contributed by atoms with Crippen LogP contribution < -0.4 is 9.46 Å². The topological polar surface area (TPSA) is 75.7 Å². The van der Waals surface area contributed by atoms with Crippen molar-refractivity contribution < 1.29 is 17.9 Å². The second-order valence-corrected chi connectivity index (χ2v) is 9.45. The fraction of sp³-hybridized carbons (Fsp3) is 0.632. The van der Waals surface area contributed by atoms with Gasteiger partial charge in [0.2, 0.25) is 15.9 Å². The van der Waals surface area contributed by atoms with Crippen LogP contribution in [0.1, 0.15) is 25.3 Å². The van der Waals surface area contributed by atoms with E-state index in [0.29, 0.717) is 25.4 Å². The molecule has 144 valence electrons. The summed E-state index contributed by atoms with van der Waals surface area (Å²) in [6, 6.07) is 8.19. The SMILES string of the molecule is COc1ccc(CCN2C(=O)C[C@H]3[C@H](CNS(C)(=O)=O)[C@@H](C)C[C@H]32)cc1. The van der Waals surface area contributed by atoms with Gasteiger partial charge in [0.1, 0.15) is 5.75 Å². The molecule has 1 aliphatic heterocycles. The maximum Gasteiger partial charge on any atom is 0.223 e. The normalized spacial score (nSPS) is 28.4. The zero-order chi connectivity index (χ0) is 18.9. The fourth-order valence-corrected chi connectivity index (χ4v) is 5.02. The number of nitrogens with one attached hydrogen (secondary N) is 1. The molecule has 1 saturated heterocycles. The van der Waals surface area contributed by atoms with Crippen LogP contribution in [0.15, 0.2) is 24.3 Å². The molecule has 2 fully saturated rings. The number of carbonyl (C=O) groups excluding carboxylic acids is 1. The van der Waals surface area contributed by atoms with Gasteiger partial charge in [-0.2, -0.15) is 0 Å². The molecule has 0 radical (unpaired) electrons. The molecule has 1 aromatic carbocycles. The Labute approximate surface area is 156 Å². The molecule has 6 nitrogen and oxygen atoms in total. The largest absolute Gasteiger partial charge is 0.497 e. The molecular weight excluding hydrogens is 352 g/mol. The number of carbonyl (C=O) groups is 1. The lowest BCUT2D eigenvalue weighted by molar-refractivity contribution is -0.129. The van der Waals surface area contributed by atoms with E-state index >= 15 is 0 Å². The number of hydrogen-bond donors (Lipinski definition) is 1. The quantitative estimate of drug-likeness (QED) is 0.781. The van der Waals surface area contributed by atoms with Crippen LogP contribution in [0.2, 0.25) is 0 Å². The molecule has 0 bridgehead atoms. The minimum Gasteiger partial charge on any atom is -0.497 e. The summed E-state index contributed by atoms with van der Waals surface area (Å²) in [5.41, 5.74) is 1.18. The Balaban J connectivity index is 1.62. The van der Waals surface area contributed by atoms with Crippen molar-refractivity contribution in [2.75, 3.05) is 26.5 Å². The number of amides is 1. The van der Waals surface area contributed by atoms with Crippen molar-refractivity contribution in [3.05, 3.63) is 29.8 Å². The molecule has 1 amide bonds. The molecule has 0 unspecified atom stereocenters. The number of hydrogen-bond acceptors (Lipinski definition) is 4. The lowest BCUT2D eigenvalue weighted by atomic mass is 9.89. The summed E-state index contributed by atoms with van der Waals surface area (Å²) >= 11 is 0. The van der Waals surface area contributed by atoms with Crippen molar-refractivity contribution in [1.82, 2.24) is 9.62 Å². The highest BCUT2D eigenvalue weighted by molar-refractivity contribution is 7.88. The Kier molecular flexibility index (Phi) is 5.58. The second kappa shape index (κ2) is 7.56. The van der Waals surface area contributed by atoms with Gasteiger partial charge in [-0.3, -0.25) is 4.79 Å². The van der Waals surface area contributed by atoms with E-state index in [1.807, 2.05) is 29.2 Å². The smallest absolute Gasteiger partial charge is 0.223 e. The molecule has 26 heavy (non-hydrogen) atoms. The zero-order valence-corrected chi connectivity index (χ0v) is 16.5. The fourth-order valence-electron chi connectivity index (χ4n) is 4.52. The molecule has 1 saturated carbocycles. The van der Waals surface area contributed by atoms with Crippen molar-refractivity contribution in [2.45, 2.75) is 32.2 Å². The highest BCUT2D eigenvalue weighted by atomic mass is 32.2. The molecule has 4 atom stereocenters. The van der Waals surface area contributed by atoms with Crippen molar-refractivity contribution in [3.8, 4) is 5.75 Å². The highest BCUT2D eigenvalue weighted by Gasteiger charge is 2.50. The van der Waals surface area contributed by atoms with Crippen LogP contribution >= 0.6 is 0 Å². The van der Waals surface area contributed by atoms with E-state index in [1.165, 1.54) is 11.8 Å². The number of nitrogens with zero attached hydrogens (tertiary/aromatic N) is 1. The molecule has 7 heteroatoms. The van der Waals surface area contributed by atoms with Crippen LogP contribution in [0.3, 0.4) is 0 Å². The van der Waals surface area contributed by atoms with Gasteiger partial charge in [0.05, 0.1) is 13.4 Å². The van der Waals surface area contributed by atoms with Crippen LogP contribution in [0.5, 0.6) is 5.75 Å². The van der Waals surface area contributed by atoms with Gasteiger partial charge in [-0.25, -0.2) is 13.1 Å². The monoisotopic (exact) mass is 380 g/mol. The molecular formula is C19H28N2O4S. The van der Waals surface area contributed by atoms with Gasteiger partial charge in [-0.15, -0.1) is 0 Å². The average molecular weight is 381 g/mol. The van der Waals surface area contributed by atoms with Gasteiger partial charge in [0, 0.05) is 25.6 Å². The van der Waals surface area contributed by atoms with Gasteiger partial charge < -0.3 is 9.64 Å². The average Bonchev–Trinajstić information content (AvgIpc) is 3.04. The van der Waals surface area contributed by atoms with E-state index in [1.54, 1.807) is 7.11 Å². The highest BCUT2D eigenvalue weighted by Crippen LogP contribution is 2.45. The van der Waals surface area contributed by atoms with E-state index in [0.717, 1.165) is 18.6 Å². The molecule has 1 aliphatic carbocycles. The number of ether oxygens (including phenoxy) is 1. The summed E-state index contributed by atoms with van der Waals surface area (Å²) in [6.07, 6.45) is 3.49. The Hall–Kier alpha value is -1.60. The molecule has 0 aromatic heterocycles. The number of benzene rings is 1. The van der Waals surface area contributed by atoms with Crippen molar-refractivity contribution >= 4 is 15.9 Å². The molecule has 1 aromatic rings. The Morgan fingerprint density at radius 2 is 1.96 bits per heavy atom. The Morgan fingerprint density at radius 1 is 1.27 bits per heavy atom. The number of methoxy groups -OCH3 is 1. The third kappa shape index (κ3) is 4.20. The molecule has 1 N–H and O–H groups in total. The van der Waals surface area contributed by atoms with E-state index in [2.05, 4.69) is 11.6 Å². The summed E-state index contributed by atoms with van der Waals surface area (Å²) in [5, 5.41) is 0. The second-order valence-electron chi connectivity index (χ2n) is 7.62. The Morgan fingerprint density at radius 3 is 2.58 bits per heavy atom. The number of rotatable bonds is 7. The lowest BCUT2D eigenvalue weighted by Gasteiger charge is -2.24. The van der Waals surface area contributed by atoms with Crippen LogP contribution in [0.25, 0.3) is 0 Å². The molecule has 2 aliphatic rings. The van der Waals surface area contributed by atoms with E-state index < -0.39 is 10.0 Å². The number of sulfonamides is 1. The third-order valence-electron chi connectivity index (χ3n) is 5.90. The zero-order valence-electron chi connectivity index (χ0n) is 15.6. The molecule has 0 spiro atoms. The maximum atomic E-state index is 12.5. The first-order valence-electron chi connectivity index (χ1n) is 9.15. The van der Waals surface area contributed by atoms with Crippen molar-refractivity contribution in [2.24, 2.45) is 17.8 Å². The lowest BCUT2D eigenvalue weighted by Crippen LogP contribution is -2.36. The number of fused-ring (bicyclic) bond motifs is 1. The molecule has 1 heterocycles. The van der Waals surface area contributed by atoms with E-state index in [-0.39, 0.29) is 23.8 Å². The summed E-state index contributed by atoms with van der Waals surface area (Å²) in [4.78, 5) is 14.5. The van der Waals surface area contributed by atoms with E-state index in [9.17, 15) is 13.2 Å². The maximum absolute atomic E-state index is 12.5. The first kappa shape index (κ1) is 19.2. The third-order valence-corrected chi connectivity index (χ3v) is 6.59. The predicted octanol–water partition coefficient (Wildman–Crippen LogP) is 1.66. The number of likely N-dealkylation sites (tertiary alicyclic amines) is 1. The van der Waals surface area contributed by atoms with Crippen molar-refractivity contribution in [1.29, 1.82) is 0 Å². The van der Waals surface area contributed by atoms with E-state index in [4.69, 9.17) is 4.74 Å². The van der Waals surface area contributed by atoms with Gasteiger partial charge in [0.25, 0.3) is 0 Å². The van der Waals surface area contributed by atoms with Crippen LogP contribution in [0.4, 0.5) is 0 Å². The summed E-state index contributed by atoms with van der Waals surface area (Å²) < 4.78 is 30.7. The minimum absolute atomic E-state index is 0.199. The summed E-state index contributed by atoms with van der Waals surface area (Å²) in [5.74, 6) is 1.92. The van der Waals surface area contributed by atoms with Gasteiger partial charge >= 0.3 is 0 Å². The van der Waals surface area contributed by atoms with Gasteiger partial charge in [0.15, 0.2) is 0 Å². The first-order chi connectivity index (χ1) is 12.3. The standard InChI is InChI=1S/C19H28N2O4S/c1-13-10-18-16(17(13)12-20-26(3,23)24)11-19(22)21(18)9-8-14-4-6-15(25-2)7-5-14/h4-7,13,16-18,20H,8-12H2,1-3H3/t13-,16-,17+,18+/m0/s1. The van der Waals surface area contributed by atoms with Crippen LogP contribution in [-0.2, 0) is 21.2 Å². The predicted molar refractivity (Wildman–Crippen MR) is 100 cm³/mol.